The van der Waals surface area contributed by atoms with Gasteiger partial charge in [0.1, 0.15) is 0 Å². The zero-order chi connectivity index (χ0) is 41.1. The van der Waals surface area contributed by atoms with Gasteiger partial charge in [-0.2, -0.15) is 10.6 Å². The minimum Gasteiger partial charge on any atom is -0.668 e. The van der Waals surface area contributed by atoms with E-state index in [2.05, 4.69) is 209 Å². The first kappa shape index (κ1) is 49.8. The Kier molecular flexibility index (Phi) is 22.5. The van der Waals surface area contributed by atoms with E-state index in [0.29, 0.717) is 0 Å². The van der Waals surface area contributed by atoms with Crippen LogP contribution in [0.5, 0.6) is 0 Å². The summed E-state index contributed by atoms with van der Waals surface area (Å²) >= 11 is 0. The molecule has 6 aromatic carbocycles. The third-order valence-electron chi connectivity index (χ3n) is 8.87. The van der Waals surface area contributed by atoms with Crippen LogP contribution in [0.1, 0.15) is 25.7 Å². The summed E-state index contributed by atoms with van der Waals surface area (Å²) in [6.07, 6.45) is 5.11. The van der Waals surface area contributed by atoms with Crippen molar-refractivity contribution < 1.29 is 9.47 Å². The van der Waals surface area contributed by atoms with Gasteiger partial charge >= 0.3 is 37.7 Å². The van der Waals surface area contributed by atoms with Gasteiger partial charge in [0, 0.05) is 26.4 Å². The fourth-order valence-electron chi connectivity index (χ4n) is 6.81. The van der Waals surface area contributed by atoms with E-state index in [1.165, 1.54) is 76.7 Å². The Labute approximate surface area is 393 Å². The van der Waals surface area contributed by atoms with Crippen molar-refractivity contribution >= 4 is 121 Å². The number of nitrogens with zero attached hydrogens (tertiary/aromatic N) is 1. The van der Waals surface area contributed by atoms with Crippen LogP contribution in [0.4, 0.5) is 0 Å². The molecular formula is C50H62CaNO2P3Si2. The van der Waals surface area contributed by atoms with Gasteiger partial charge in [0.2, 0.25) is 0 Å². The Balaban J connectivity index is 0.000000316. The van der Waals surface area contributed by atoms with E-state index >= 15 is 0 Å². The SMILES string of the molecule is C1CCOC1.C1CCOC1.C[Si](C)(C)[N-][Si](C)(C)C.[Ca+2].c1ccc(P(c2ccccc2)c2ccccc2[P-]c2ccccc2P(c2ccccc2)c2ccccc2)cc1. The molecule has 0 saturated carbocycles. The summed E-state index contributed by atoms with van der Waals surface area (Å²) in [5.74, 6) is 0. The van der Waals surface area contributed by atoms with Crippen LogP contribution in [0, 0.1) is 0 Å². The Hall–Kier alpha value is -1.82. The molecule has 2 aliphatic rings. The van der Waals surface area contributed by atoms with E-state index in [9.17, 15) is 0 Å². The molecule has 2 saturated heterocycles. The van der Waals surface area contributed by atoms with Crippen molar-refractivity contribution in [2.75, 3.05) is 26.4 Å². The Morgan fingerprint density at radius 2 is 0.644 bits per heavy atom. The van der Waals surface area contributed by atoms with Gasteiger partial charge in [-0.3, -0.25) is 0 Å². The summed E-state index contributed by atoms with van der Waals surface area (Å²) in [4.78, 5) is 0. The maximum atomic E-state index is 4.94. The van der Waals surface area contributed by atoms with Gasteiger partial charge in [0.05, 0.1) is 0 Å². The molecular weight excluding hydrogens is 836 g/mol. The van der Waals surface area contributed by atoms with E-state index in [0.717, 1.165) is 26.4 Å². The van der Waals surface area contributed by atoms with Gasteiger partial charge < -0.3 is 22.7 Å². The maximum absolute atomic E-state index is 4.94. The molecule has 0 amide bonds. The van der Waals surface area contributed by atoms with Crippen LogP contribution >= 0.6 is 24.4 Å². The molecule has 2 heterocycles. The molecule has 8 rings (SSSR count). The van der Waals surface area contributed by atoms with Gasteiger partial charge in [-0.05, 0) is 73.4 Å². The van der Waals surface area contributed by atoms with E-state index in [1.807, 2.05) is 0 Å². The van der Waals surface area contributed by atoms with Gasteiger partial charge in [0.25, 0.3) is 0 Å². The zero-order valence-electron chi connectivity index (χ0n) is 36.1. The van der Waals surface area contributed by atoms with Crippen LogP contribution < -0.4 is 42.4 Å². The number of hydrogen-bond acceptors (Lipinski definition) is 2. The molecule has 9 heteroatoms. The van der Waals surface area contributed by atoms with Crippen molar-refractivity contribution in [3.05, 3.63) is 175 Å². The van der Waals surface area contributed by atoms with Crippen molar-refractivity contribution in [2.24, 2.45) is 0 Å². The molecule has 0 unspecified atom stereocenters. The first-order valence-corrected chi connectivity index (χ1v) is 31.2. The second-order valence-electron chi connectivity index (χ2n) is 16.2. The zero-order valence-corrected chi connectivity index (χ0v) is 43.0. The fraction of sp³-hybridized carbons (Fsp3) is 0.280. The summed E-state index contributed by atoms with van der Waals surface area (Å²) in [5.41, 5.74) is 0. The summed E-state index contributed by atoms with van der Waals surface area (Å²) in [5, 5.41) is 11.1. The Morgan fingerprint density at radius 1 is 0.390 bits per heavy atom. The van der Waals surface area contributed by atoms with Gasteiger partial charge in [0.15, 0.2) is 0 Å². The first-order valence-electron chi connectivity index (χ1n) is 20.7. The van der Waals surface area contributed by atoms with Crippen molar-refractivity contribution in [1.29, 1.82) is 0 Å². The van der Waals surface area contributed by atoms with Crippen LogP contribution in [-0.2, 0) is 9.47 Å². The van der Waals surface area contributed by atoms with Gasteiger partial charge in [-0.25, -0.2) is 0 Å². The molecule has 2 fully saturated rings. The van der Waals surface area contributed by atoms with E-state index < -0.39 is 32.3 Å². The molecule has 0 atom stereocenters. The van der Waals surface area contributed by atoms with Crippen molar-refractivity contribution in [1.82, 2.24) is 0 Å². The van der Waals surface area contributed by atoms with E-state index in [1.54, 1.807) is 0 Å². The average molecular weight is 898 g/mol. The van der Waals surface area contributed by atoms with E-state index in [-0.39, 0.29) is 37.7 Å². The molecule has 0 aromatic heterocycles. The average Bonchev–Trinajstić information content (AvgIpc) is 4.02. The van der Waals surface area contributed by atoms with Crippen LogP contribution in [0.25, 0.3) is 4.65 Å². The van der Waals surface area contributed by atoms with Gasteiger partial charge in [-0.1, -0.05) is 226 Å². The summed E-state index contributed by atoms with van der Waals surface area (Å²) < 4.78 is 14.7. The topological polar surface area (TPSA) is 32.6 Å². The molecule has 0 N–H and O–H groups in total. The second-order valence-corrected chi connectivity index (χ2v) is 31.3. The molecule has 59 heavy (non-hydrogen) atoms. The molecule has 0 bridgehead atoms. The minimum atomic E-state index is -1.11. The Morgan fingerprint density at radius 3 is 0.864 bits per heavy atom. The van der Waals surface area contributed by atoms with Crippen molar-refractivity contribution in [2.45, 2.75) is 65.0 Å². The molecule has 2 aliphatic heterocycles. The van der Waals surface area contributed by atoms with Crippen LogP contribution in [-0.4, -0.2) is 80.6 Å². The monoisotopic (exact) mass is 897 g/mol. The third-order valence-corrected chi connectivity index (χ3v) is 20.9. The van der Waals surface area contributed by atoms with Crippen LogP contribution in [0.2, 0.25) is 39.3 Å². The molecule has 0 spiro atoms. The van der Waals surface area contributed by atoms with Crippen molar-refractivity contribution in [3.8, 4) is 0 Å². The van der Waals surface area contributed by atoms with E-state index in [4.69, 9.17) is 14.1 Å². The van der Waals surface area contributed by atoms with Gasteiger partial charge in [-0.15, -0.1) is 0 Å². The largest absolute Gasteiger partial charge is 2.00 e. The predicted octanol–water partition coefficient (Wildman–Crippen LogP) is 10.3. The smallest absolute Gasteiger partial charge is 0.668 e. The van der Waals surface area contributed by atoms with Crippen LogP contribution in [0.15, 0.2) is 170 Å². The minimum absolute atomic E-state index is 0. The molecule has 3 nitrogen and oxygen atoms in total. The maximum Gasteiger partial charge on any atom is 2.00 e. The van der Waals surface area contributed by atoms with Crippen LogP contribution in [0.3, 0.4) is 0 Å². The first-order chi connectivity index (χ1) is 28.1. The predicted molar refractivity (Wildman–Crippen MR) is 272 cm³/mol. The number of hydrogen-bond donors (Lipinski definition) is 0. The summed E-state index contributed by atoms with van der Waals surface area (Å²) in [6, 6.07) is 62.1. The molecule has 0 radical (unpaired) electrons. The second kappa shape index (κ2) is 26.6. The number of rotatable bonds is 10. The quantitative estimate of drug-likeness (QED) is 0.101. The molecule has 6 aromatic rings. The standard InChI is InChI=1S/C36H28P3.C6H18NSi2.2C4H8O.Ca/c1-5-17-29(18-6-1)38(30-19-7-2-8-20-30)35-27-15-13-25-33(35)37-34-26-14-16-28-36(34)39(31-21-9-3-10-22-31)32-23-11-4-12-24-32;1-8(2,3)7-9(4,5)6;2*1-2-4-5-3-1;/h1-28H;1-6H3;2*1-4H2;/q2*-1;;;+2. The third kappa shape index (κ3) is 17.8. The number of ether oxygens (including phenoxy) is 2. The van der Waals surface area contributed by atoms with Crippen molar-refractivity contribution in [3.63, 3.8) is 0 Å². The fourth-order valence-corrected chi connectivity index (χ4v) is 21.4. The molecule has 304 valence electrons. The normalized spacial score (nSPS) is 13.6. The Bertz CT molecular complexity index is 1780. The summed E-state index contributed by atoms with van der Waals surface area (Å²) in [7, 11) is -2.33. The summed E-state index contributed by atoms with van der Waals surface area (Å²) in [6.45, 7) is 17.8. The molecule has 0 aliphatic carbocycles. The number of benzene rings is 6.